The molecule has 6 heteroatoms. The predicted molar refractivity (Wildman–Crippen MR) is 247 cm³/mol. The van der Waals surface area contributed by atoms with Crippen LogP contribution in [0.1, 0.15) is 291 Å². The normalized spacial score (nSPS) is 11.9. The molecule has 0 N–H and O–H groups in total. The van der Waals surface area contributed by atoms with E-state index in [1.807, 2.05) is 0 Å². The molecule has 0 rings (SSSR count). The number of carbonyl (C=O) groups excluding carboxylic acids is 3. The van der Waals surface area contributed by atoms with Gasteiger partial charge in [-0.05, 0) is 25.2 Å². The van der Waals surface area contributed by atoms with E-state index in [0.29, 0.717) is 19.3 Å². The Morgan fingerprint density at radius 3 is 0.845 bits per heavy atom. The van der Waals surface area contributed by atoms with E-state index < -0.39 is 6.10 Å². The number of hydrogen-bond acceptors (Lipinski definition) is 6. The average molecular weight is 821 g/mol. The zero-order chi connectivity index (χ0) is 42.4. The zero-order valence-corrected chi connectivity index (χ0v) is 39.5. The molecule has 0 aromatic carbocycles. The Kier molecular flexibility index (Phi) is 45.2. The summed E-state index contributed by atoms with van der Waals surface area (Å²) in [5, 5.41) is 0. The zero-order valence-electron chi connectivity index (χ0n) is 39.5. The SMILES string of the molecule is CCCCCCCCCCCCCCC(=O)OC[C@H](COC(=O)CCCCCCCCCCCCCCCCCC(C)C)OC(=O)CCCCCCCCCCCC. The van der Waals surface area contributed by atoms with Crippen molar-refractivity contribution in [3.63, 3.8) is 0 Å². The molecule has 0 saturated heterocycles. The van der Waals surface area contributed by atoms with Crippen molar-refractivity contribution in [3.05, 3.63) is 0 Å². The van der Waals surface area contributed by atoms with Gasteiger partial charge in [0, 0.05) is 19.3 Å². The Labute approximate surface area is 361 Å². The first-order valence-electron chi connectivity index (χ1n) is 25.9. The molecule has 1 atom stereocenters. The molecule has 0 radical (unpaired) electrons. The van der Waals surface area contributed by atoms with Gasteiger partial charge < -0.3 is 14.2 Å². The largest absolute Gasteiger partial charge is 0.462 e. The smallest absolute Gasteiger partial charge is 0.306 e. The molecule has 0 fully saturated rings. The summed E-state index contributed by atoms with van der Waals surface area (Å²) in [6, 6.07) is 0. The second-order valence-corrected chi connectivity index (χ2v) is 18.3. The maximum Gasteiger partial charge on any atom is 0.306 e. The standard InChI is InChI=1S/C52H100O6/c1-5-7-9-11-13-15-17-24-28-31-35-39-43-50(53)56-46-49(58-52(55)45-41-37-33-27-16-14-12-10-8-6-2)47-57-51(54)44-40-36-32-29-25-22-20-18-19-21-23-26-30-34-38-42-48(3)4/h48-49H,5-47H2,1-4H3/t49-/m1/s1. The Morgan fingerprint density at radius 1 is 0.328 bits per heavy atom. The van der Waals surface area contributed by atoms with Gasteiger partial charge in [-0.25, -0.2) is 0 Å². The molecule has 0 aliphatic carbocycles. The van der Waals surface area contributed by atoms with Crippen molar-refractivity contribution in [2.24, 2.45) is 5.92 Å². The summed E-state index contributed by atoms with van der Waals surface area (Å²) in [5.74, 6) is 0.00331. The number of unbranched alkanes of at least 4 members (excludes halogenated alkanes) is 34. The highest BCUT2D eigenvalue weighted by Crippen LogP contribution is 2.17. The number of ether oxygens (including phenoxy) is 3. The van der Waals surface area contributed by atoms with Crippen LogP contribution in [0.4, 0.5) is 0 Å². The van der Waals surface area contributed by atoms with Crippen LogP contribution in [-0.4, -0.2) is 37.2 Å². The molecule has 0 bridgehead atoms. The molecule has 344 valence electrons. The minimum Gasteiger partial charge on any atom is -0.462 e. The van der Waals surface area contributed by atoms with Crippen molar-refractivity contribution in [1.29, 1.82) is 0 Å². The van der Waals surface area contributed by atoms with Crippen molar-refractivity contribution in [2.45, 2.75) is 297 Å². The van der Waals surface area contributed by atoms with Crippen LogP contribution in [0.15, 0.2) is 0 Å². The lowest BCUT2D eigenvalue weighted by Crippen LogP contribution is -2.30. The van der Waals surface area contributed by atoms with Crippen LogP contribution < -0.4 is 0 Å². The highest BCUT2D eigenvalue weighted by molar-refractivity contribution is 5.71. The third-order valence-corrected chi connectivity index (χ3v) is 11.8. The highest BCUT2D eigenvalue weighted by atomic mass is 16.6. The summed E-state index contributed by atoms with van der Waals surface area (Å²) in [4.78, 5) is 37.9. The van der Waals surface area contributed by atoms with Gasteiger partial charge >= 0.3 is 17.9 Å². The van der Waals surface area contributed by atoms with E-state index >= 15 is 0 Å². The molecule has 0 spiro atoms. The van der Waals surface area contributed by atoms with E-state index in [2.05, 4.69) is 27.7 Å². The molecule has 58 heavy (non-hydrogen) atoms. The molecule has 6 nitrogen and oxygen atoms in total. The van der Waals surface area contributed by atoms with Crippen LogP contribution in [-0.2, 0) is 28.6 Å². The summed E-state index contributed by atoms with van der Waals surface area (Å²) < 4.78 is 16.8. The number of esters is 3. The van der Waals surface area contributed by atoms with Crippen molar-refractivity contribution in [2.75, 3.05) is 13.2 Å². The topological polar surface area (TPSA) is 78.9 Å². The molecule has 0 aromatic heterocycles. The maximum absolute atomic E-state index is 12.7. The third-order valence-electron chi connectivity index (χ3n) is 11.8. The summed E-state index contributed by atoms with van der Waals surface area (Å²) in [5.41, 5.74) is 0. The molecular formula is C52H100O6. The quantitative estimate of drug-likeness (QED) is 0.0346. The summed E-state index contributed by atoms with van der Waals surface area (Å²) in [6.45, 7) is 9.03. The average Bonchev–Trinajstić information content (AvgIpc) is 3.21. The third kappa shape index (κ3) is 45.5. The molecule has 0 aliphatic heterocycles. The van der Waals surface area contributed by atoms with Gasteiger partial charge in [-0.2, -0.15) is 0 Å². The fraction of sp³-hybridized carbons (Fsp3) is 0.942. The lowest BCUT2D eigenvalue weighted by atomic mass is 10.0. The minimum absolute atomic E-state index is 0.0627. The Morgan fingerprint density at radius 2 is 0.569 bits per heavy atom. The van der Waals surface area contributed by atoms with Gasteiger partial charge in [-0.15, -0.1) is 0 Å². The first-order chi connectivity index (χ1) is 28.4. The molecule has 0 heterocycles. The lowest BCUT2D eigenvalue weighted by molar-refractivity contribution is -0.167. The van der Waals surface area contributed by atoms with Gasteiger partial charge in [0.2, 0.25) is 0 Å². The van der Waals surface area contributed by atoms with Crippen LogP contribution >= 0.6 is 0 Å². The monoisotopic (exact) mass is 821 g/mol. The Balaban J connectivity index is 4.23. The fourth-order valence-electron chi connectivity index (χ4n) is 7.86. The second kappa shape index (κ2) is 46.5. The van der Waals surface area contributed by atoms with E-state index in [4.69, 9.17) is 14.2 Å². The summed E-state index contributed by atoms with van der Waals surface area (Å²) in [6.07, 6.45) is 48.0. The minimum atomic E-state index is -0.759. The Hall–Kier alpha value is -1.59. The van der Waals surface area contributed by atoms with Gasteiger partial charge in [-0.1, -0.05) is 252 Å². The van der Waals surface area contributed by atoms with E-state index in [-0.39, 0.29) is 31.1 Å². The summed E-state index contributed by atoms with van der Waals surface area (Å²) >= 11 is 0. The first-order valence-corrected chi connectivity index (χ1v) is 25.9. The van der Waals surface area contributed by atoms with Crippen LogP contribution in [0.2, 0.25) is 0 Å². The van der Waals surface area contributed by atoms with Crippen molar-refractivity contribution in [1.82, 2.24) is 0 Å². The molecule has 0 unspecified atom stereocenters. The number of hydrogen-bond donors (Lipinski definition) is 0. The van der Waals surface area contributed by atoms with Gasteiger partial charge in [0.1, 0.15) is 13.2 Å². The molecule has 0 aromatic rings. The molecular weight excluding hydrogens is 721 g/mol. The molecule has 0 amide bonds. The van der Waals surface area contributed by atoms with E-state index in [1.54, 1.807) is 0 Å². The van der Waals surface area contributed by atoms with Gasteiger partial charge in [-0.3, -0.25) is 14.4 Å². The predicted octanol–water partition coefficient (Wildman–Crippen LogP) is 16.7. The van der Waals surface area contributed by atoms with Crippen LogP contribution in [0.3, 0.4) is 0 Å². The first kappa shape index (κ1) is 56.4. The van der Waals surface area contributed by atoms with Gasteiger partial charge in [0.25, 0.3) is 0 Å². The van der Waals surface area contributed by atoms with Crippen molar-refractivity contribution >= 4 is 17.9 Å². The summed E-state index contributed by atoms with van der Waals surface area (Å²) in [7, 11) is 0. The lowest BCUT2D eigenvalue weighted by Gasteiger charge is -2.18. The van der Waals surface area contributed by atoms with E-state index in [9.17, 15) is 14.4 Å². The van der Waals surface area contributed by atoms with E-state index in [0.717, 1.165) is 63.7 Å². The van der Waals surface area contributed by atoms with E-state index in [1.165, 1.54) is 186 Å². The maximum atomic E-state index is 12.7. The van der Waals surface area contributed by atoms with Crippen molar-refractivity contribution in [3.8, 4) is 0 Å². The van der Waals surface area contributed by atoms with Crippen LogP contribution in [0, 0.1) is 5.92 Å². The van der Waals surface area contributed by atoms with Gasteiger partial charge in [0.15, 0.2) is 6.10 Å². The molecule has 0 aliphatic rings. The van der Waals surface area contributed by atoms with Crippen molar-refractivity contribution < 1.29 is 28.6 Å². The Bertz CT molecular complexity index is 872. The van der Waals surface area contributed by atoms with Crippen LogP contribution in [0.25, 0.3) is 0 Å². The fourth-order valence-corrected chi connectivity index (χ4v) is 7.86. The number of carbonyl (C=O) groups is 3. The highest BCUT2D eigenvalue weighted by Gasteiger charge is 2.19. The number of rotatable bonds is 47. The molecule has 0 saturated carbocycles. The second-order valence-electron chi connectivity index (χ2n) is 18.3. The van der Waals surface area contributed by atoms with Gasteiger partial charge in [0.05, 0.1) is 0 Å². The van der Waals surface area contributed by atoms with Crippen LogP contribution in [0.5, 0.6) is 0 Å².